The van der Waals surface area contributed by atoms with Gasteiger partial charge >= 0.3 is 0 Å². The van der Waals surface area contributed by atoms with E-state index in [1.165, 1.54) is 4.90 Å². The number of alkyl halides is 2. The quantitative estimate of drug-likeness (QED) is 0.766. The number of carbonyl (C=O) groups is 1. The van der Waals surface area contributed by atoms with Gasteiger partial charge in [-0.25, -0.2) is 8.78 Å². The first-order valence-electron chi connectivity index (χ1n) is 5.80. The van der Waals surface area contributed by atoms with Crippen LogP contribution in [-0.2, 0) is 11.3 Å². The summed E-state index contributed by atoms with van der Waals surface area (Å²) >= 11 is 2.13. The van der Waals surface area contributed by atoms with Gasteiger partial charge in [-0.05, 0) is 29.0 Å². The third-order valence-electron chi connectivity index (χ3n) is 2.90. The van der Waals surface area contributed by atoms with Crippen LogP contribution in [0.5, 0.6) is 0 Å². The normalized spacial score (nSPS) is 18.9. The summed E-state index contributed by atoms with van der Waals surface area (Å²) in [5.74, 6) is -2.95. The van der Waals surface area contributed by atoms with E-state index < -0.39 is 12.5 Å². The third kappa shape index (κ3) is 3.63. The van der Waals surface area contributed by atoms with Crippen LogP contribution in [0.15, 0.2) is 12.4 Å². The first-order valence-corrected chi connectivity index (χ1v) is 6.88. The van der Waals surface area contributed by atoms with Crippen molar-refractivity contribution in [2.45, 2.75) is 31.7 Å². The summed E-state index contributed by atoms with van der Waals surface area (Å²) in [5.41, 5.74) is 0. The number of hydrogen-bond acceptors (Lipinski definition) is 2. The van der Waals surface area contributed by atoms with Crippen molar-refractivity contribution in [3.05, 3.63) is 16.0 Å². The Balaban J connectivity index is 1.84. The number of likely N-dealkylation sites (tertiary alicyclic amines) is 1. The number of carbonyl (C=O) groups excluding carboxylic acids is 1. The van der Waals surface area contributed by atoms with Gasteiger partial charge in [0.25, 0.3) is 5.92 Å². The zero-order chi connectivity index (χ0) is 13.2. The number of hydrogen-bond donors (Lipinski definition) is 0. The molecule has 1 aliphatic heterocycles. The minimum absolute atomic E-state index is 0.117. The van der Waals surface area contributed by atoms with Crippen molar-refractivity contribution in [2.24, 2.45) is 0 Å². The van der Waals surface area contributed by atoms with Crippen LogP contribution in [0.25, 0.3) is 0 Å². The Labute approximate surface area is 117 Å². The molecule has 1 aromatic rings. The lowest BCUT2D eigenvalue weighted by molar-refractivity contribution is -0.141. The maximum atomic E-state index is 13.2. The van der Waals surface area contributed by atoms with Crippen molar-refractivity contribution in [1.82, 2.24) is 14.7 Å². The molecule has 0 radical (unpaired) electrons. The molecule has 18 heavy (non-hydrogen) atoms. The Kier molecular flexibility index (Phi) is 4.18. The average Bonchev–Trinajstić information content (AvgIpc) is 2.70. The molecule has 0 N–H and O–H groups in total. The molecule has 2 rings (SSSR count). The number of halogens is 3. The van der Waals surface area contributed by atoms with E-state index in [1.54, 1.807) is 10.9 Å². The Bertz CT molecular complexity index is 436. The second-order valence-corrected chi connectivity index (χ2v) is 5.69. The zero-order valence-corrected chi connectivity index (χ0v) is 11.9. The lowest BCUT2D eigenvalue weighted by Crippen LogP contribution is -2.45. The van der Waals surface area contributed by atoms with Gasteiger partial charge in [0.2, 0.25) is 5.91 Å². The summed E-state index contributed by atoms with van der Waals surface area (Å²) in [6.07, 6.45) is 3.99. The van der Waals surface area contributed by atoms with Gasteiger partial charge in [0.1, 0.15) is 0 Å². The van der Waals surface area contributed by atoms with Crippen LogP contribution in [0.2, 0.25) is 0 Å². The summed E-state index contributed by atoms with van der Waals surface area (Å²) < 4.78 is 29.0. The van der Waals surface area contributed by atoms with Gasteiger partial charge in [-0.15, -0.1) is 0 Å². The molecule has 0 atom stereocenters. The standard InChI is InChI=1S/C11H14F2IN3O/c12-11(13)3-1-4-16(8-11)10(18)2-5-17-7-9(14)6-15-17/h6-7H,1-5,8H2. The van der Waals surface area contributed by atoms with Crippen LogP contribution in [-0.4, -0.2) is 39.6 Å². The van der Waals surface area contributed by atoms with Crippen LogP contribution < -0.4 is 0 Å². The number of amides is 1. The van der Waals surface area contributed by atoms with Crippen molar-refractivity contribution in [1.29, 1.82) is 0 Å². The van der Waals surface area contributed by atoms with Crippen molar-refractivity contribution in [2.75, 3.05) is 13.1 Å². The molecule has 1 aromatic heterocycles. The molecule has 1 amide bonds. The summed E-state index contributed by atoms with van der Waals surface area (Å²) in [4.78, 5) is 13.1. The molecular weight excluding hydrogens is 355 g/mol. The van der Waals surface area contributed by atoms with Crippen LogP contribution in [0.3, 0.4) is 0 Å². The maximum absolute atomic E-state index is 13.2. The van der Waals surface area contributed by atoms with Crippen molar-refractivity contribution < 1.29 is 13.6 Å². The predicted molar refractivity (Wildman–Crippen MR) is 70.3 cm³/mol. The topological polar surface area (TPSA) is 38.1 Å². The molecule has 0 aliphatic carbocycles. The molecule has 1 aliphatic rings. The highest BCUT2D eigenvalue weighted by Gasteiger charge is 2.36. The lowest BCUT2D eigenvalue weighted by Gasteiger charge is -2.32. The number of piperidine rings is 1. The van der Waals surface area contributed by atoms with Crippen molar-refractivity contribution in [3.8, 4) is 0 Å². The molecule has 7 heteroatoms. The second-order valence-electron chi connectivity index (χ2n) is 4.45. The molecule has 100 valence electrons. The molecule has 0 saturated carbocycles. The number of nitrogens with zero attached hydrogens (tertiary/aromatic N) is 3. The molecule has 0 bridgehead atoms. The van der Waals surface area contributed by atoms with E-state index in [0.29, 0.717) is 19.5 Å². The van der Waals surface area contributed by atoms with Gasteiger partial charge in [-0.1, -0.05) is 0 Å². The first kappa shape index (κ1) is 13.7. The highest BCUT2D eigenvalue weighted by molar-refractivity contribution is 14.1. The van der Waals surface area contributed by atoms with E-state index in [0.717, 1.165) is 3.57 Å². The summed E-state index contributed by atoms with van der Waals surface area (Å²) in [6.45, 7) is 0.428. The molecule has 0 spiro atoms. The fraction of sp³-hybridized carbons (Fsp3) is 0.636. The zero-order valence-electron chi connectivity index (χ0n) is 9.78. The summed E-state index contributed by atoms with van der Waals surface area (Å²) in [7, 11) is 0. The second kappa shape index (κ2) is 5.50. The number of rotatable bonds is 3. The molecular formula is C11H14F2IN3O. The Morgan fingerprint density at radius 3 is 2.94 bits per heavy atom. The Morgan fingerprint density at radius 1 is 1.56 bits per heavy atom. The van der Waals surface area contributed by atoms with E-state index in [1.807, 2.05) is 6.20 Å². The van der Waals surface area contributed by atoms with Gasteiger partial charge < -0.3 is 4.90 Å². The van der Waals surface area contributed by atoms with Crippen molar-refractivity contribution >= 4 is 28.5 Å². The van der Waals surface area contributed by atoms with Crippen molar-refractivity contribution in [3.63, 3.8) is 0 Å². The predicted octanol–water partition coefficient (Wildman–Crippen LogP) is 2.14. The molecule has 4 nitrogen and oxygen atoms in total. The minimum Gasteiger partial charge on any atom is -0.337 e. The van der Waals surface area contributed by atoms with Gasteiger partial charge in [-0.2, -0.15) is 5.10 Å². The maximum Gasteiger partial charge on any atom is 0.265 e. The van der Waals surface area contributed by atoms with Gasteiger partial charge in [0.15, 0.2) is 0 Å². The monoisotopic (exact) mass is 369 g/mol. The average molecular weight is 369 g/mol. The molecule has 1 fully saturated rings. The lowest BCUT2D eigenvalue weighted by atomic mass is 10.1. The SMILES string of the molecule is O=C(CCn1cc(I)cn1)N1CCCC(F)(F)C1. The fourth-order valence-corrected chi connectivity index (χ4v) is 2.45. The Morgan fingerprint density at radius 2 is 2.33 bits per heavy atom. The van der Waals surface area contributed by atoms with Crippen LogP contribution in [0.4, 0.5) is 8.78 Å². The highest BCUT2D eigenvalue weighted by atomic mass is 127. The van der Waals surface area contributed by atoms with Gasteiger partial charge in [-0.3, -0.25) is 9.48 Å². The number of aryl methyl sites for hydroxylation is 1. The van der Waals surface area contributed by atoms with E-state index >= 15 is 0 Å². The molecule has 1 saturated heterocycles. The van der Waals surface area contributed by atoms with Gasteiger partial charge in [0, 0.05) is 32.1 Å². The van der Waals surface area contributed by atoms with Crippen LogP contribution in [0.1, 0.15) is 19.3 Å². The smallest absolute Gasteiger partial charge is 0.265 e. The molecule has 0 aromatic carbocycles. The van der Waals surface area contributed by atoms with E-state index in [4.69, 9.17) is 0 Å². The highest BCUT2D eigenvalue weighted by Crippen LogP contribution is 2.26. The summed E-state index contributed by atoms with van der Waals surface area (Å²) in [6, 6.07) is 0. The van der Waals surface area contributed by atoms with E-state index in [2.05, 4.69) is 27.7 Å². The fourth-order valence-electron chi connectivity index (χ4n) is 2.01. The van der Waals surface area contributed by atoms with E-state index in [9.17, 15) is 13.6 Å². The van der Waals surface area contributed by atoms with Crippen LogP contribution >= 0.6 is 22.6 Å². The van der Waals surface area contributed by atoms with Gasteiger partial charge in [0.05, 0.1) is 16.3 Å². The third-order valence-corrected chi connectivity index (χ3v) is 3.46. The minimum atomic E-state index is -2.73. The Hall–Kier alpha value is -0.730. The number of aromatic nitrogens is 2. The first-order chi connectivity index (χ1) is 8.46. The van der Waals surface area contributed by atoms with Crippen LogP contribution in [0, 0.1) is 3.57 Å². The summed E-state index contributed by atoms with van der Waals surface area (Å²) in [5, 5.41) is 4.05. The van der Waals surface area contributed by atoms with E-state index in [-0.39, 0.29) is 18.7 Å². The molecule has 0 unspecified atom stereocenters. The molecule has 2 heterocycles. The largest absolute Gasteiger partial charge is 0.337 e.